The van der Waals surface area contributed by atoms with Crippen LogP contribution in [0.2, 0.25) is 0 Å². The first kappa shape index (κ1) is 11.8. The second kappa shape index (κ2) is 3.95. The van der Waals surface area contributed by atoms with Gasteiger partial charge in [-0.05, 0) is 12.0 Å². The van der Waals surface area contributed by atoms with Crippen molar-refractivity contribution in [3.63, 3.8) is 0 Å². The number of hydrogen-bond acceptors (Lipinski definition) is 3. The number of fused-ring (bicyclic) bond motifs is 1. The van der Waals surface area contributed by atoms with Crippen molar-refractivity contribution in [2.75, 3.05) is 0 Å². The zero-order chi connectivity index (χ0) is 12.6. The van der Waals surface area contributed by atoms with E-state index in [9.17, 15) is 14.9 Å². The Labute approximate surface area is 99.8 Å². The molecule has 2 rings (SSSR count). The monoisotopic (exact) mass is 233 g/mol. The summed E-state index contributed by atoms with van der Waals surface area (Å²) in [5, 5.41) is 10.9. The Morgan fingerprint density at radius 1 is 1.41 bits per heavy atom. The molecule has 90 valence electrons. The second-order valence-electron chi connectivity index (χ2n) is 5.20. The van der Waals surface area contributed by atoms with Crippen LogP contribution in [-0.4, -0.2) is 16.2 Å². The molecule has 0 aliphatic heterocycles. The lowest BCUT2D eigenvalue weighted by atomic mass is 9.88. The highest BCUT2D eigenvalue weighted by molar-refractivity contribution is 6.02. The topological polar surface area (TPSA) is 60.2 Å². The molecule has 0 amide bonds. The van der Waals surface area contributed by atoms with Crippen LogP contribution < -0.4 is 0 Å². The van der Waals surface area contributed by atoms with Crippen molar-refractivity contribution >= 4 is 5.78 Å². The van der Waals surface area contributed by atoms with Gasteiger partial charge in [0.1, 0.15) is 0 Å². The second-order valence-corrected chi connectivity index (χ2v) is 5.20. The van der Waals surface area contributed by atoms with Crippen LogP contribution in [-0.2, 0) is 6.42 Å². The first-order valence-corrected chi connectivity index (χ1v) is 5.68. The Morgan fingerprint density at radius 2 is 2.06 bits per heavy atom. The molecule has 1 atom stereocenters. The number of hydrogen-bond donors (Lipinski definition) is 0. The molecule has 0 spiro atoms. The van der Waals surface area contributed by atoms with Gasteiger partial charge in [-0.15, -0.1) is 0 Å². The van der Waals surface area contributed by atoms with Crippen molar-refractivity contribution in [1.82, 2.24) is 0 Å². The molecule has 4 nitrogen and oxygen atoms in total. The van der Waals surface area contributed by atoms with Gasteiger partial charge in [0.25, 0.3) is 0 Å². The lowest BCUT2D eigenvalue weighted by molar-refractivity contribution is -0.562. The summed E-state index contributed by atoms with van der Waals surface area (Å²) in [6, 6.07) is 7.45. The first-order chi connectivity index (χ1) is 7.92. The summed E-state index contributed by atoms with van der Waals surface area (Å²) >= 11 is 0. The van der Waals surface area contributed by atoms with Crippen molar-refractivity contribution in [3.8, 4) is 0 Å². The van der Waals surface area contributed by atoms with Gasteiger partial charge in [0, 0.05) is 36.7 Å². The molecule has 0 saturated heterocycles. The fourth-order valence-corrected chi connectivity index (χ4v) is 2.36. The third-order valence-corrected chi connectivity index (χ3v) is 3.36. The van der Waals surface area contributed by atoms with Gasteiger partial charge in [-0.3, -0.25) is 14.9 Å². The SMILES string of the molecule is CC(C)(CC1Cc2ccccc2C1=O)[N+](=O)[O-]. The Hall–Kier alpha value is -1.71. The molecule has 0 bridgehead atoms. The molecule has 0 heterocycles. The third kappa shape index (κ3) is 2.07. The molecule has 0 N–H and O–H groups in total. The molecule has 0 fully saturated rings. The normalized spacial score (nSPS) is 19.2. The molecule has 0 radical (unpaired) electrons. The van der Waals surface area contributed by atoms with E-state index in [1.54, 1.807) is 19.9 Å². The van der Waals surface area contributed by atoms with Crippen LogP contribution in [0, 0.1) is 16.0 Å². The highest BCUT2D eigenvalue weighted by Gasteiger charge is 2.40. The van der Waals surface area contributed by atoms with E-state index in [-0.39, 0.29) is 16.6 Å². The summed E-state index contributed by atoms with van der Waals surface area (Å²) in [6.45, 7) is 3.15. The van der Waals surface area contributed by atoms with Crippen LogP contribution in [0.1, 0.15) is 36.2 Å². The van der Waals surface area contributed by atoms with E-state index in [1.807, 2.05) is 18.2 Å². The summed E-state index contributed by atoms with van der Waals surface area (Å²) < 4.78 is 0. The van der Waals surface area contributed by atoms with Crippen LogP contribution in [0.5, 0.6) is 0 Å². The lowest BCUT2D eigenvalue weighted by Gasteiger charge is -2.18. The smallest absolute Gasteiger partial charge is 0.217 e. The number of rotatable bonds is 3. The minimum Gasteiger partial charge on any atom is -0.294 e. The zero-order valence-corrected chi connectivity index (χ0v) is 9.97. The van der Waals surface area contributed by atoms with Crippen LogP contribution in [0.15, 0.2) is 24.3 Å². The van der Waals surface area contributed by atoms with Crippen molar-refractivity contribution < 1.29 is 9.72 Å². The molecule has 1 aromatic carbocycles. The number of carbonyl (C=O) groups is 1. The Morgan fingerprint density at radius 3 is 2.65 bits per heavy atom. The van der Waals surface area contributed by atoms with Gasteiger partial charge in [-0.25, -0.2) is 0 Å². The van der Waals surface area contributed by atoms with Crippen molar-refractivity contribution in [2.45, 2.75) is 32.2 Å². The largest absolute Gasteiger partial charge is 0.294 e. The molecule has 0 saturated carbocycles. The number of nitrogens with zero attached hydrogens (tertiary/aromatic N) is 1. The number of Topliss-reactive ketones (excluding diaryl/α,β-unsaturated/α-hetero) is 1. The van der Waals surface area contributed by atoms with Crippen molar-refractivity contribution in [1.29, 1.82) is 0 Å². The molecular formula is C13H15NO3. The van der Waals surface area contributed by atoms with Crippen LogP contribution in [0.3, 0.4) is 0 Å². The number of carbonyl (C=O) groups excluding carboxylic acids is 1. The standard InChI is InChI=1S/C13H15NO3/c1-13(2,14(16)17)8-10-7-9-5-3-4-6-11(9)12(10)15/h3-6,10H,7-8H2,1-2H3. The van der Waals surface area contributed by atoms with Crippen LogP contribution >= 0.6 is 0 Å². The minimum absolute atomic E-state index is 0.0514. The fraction of sp³-hybridized carbons (Fsp3) is 0.462. The molecule has 4 heteroatoms. The summed E-state index contributed by atoms with van der Waals surface area (Å²) in [7, 11) is 0. The van der Waals surface area contributed by atoms with Gasteiger partial charge in [-0.1, -0.05) is 24.3 Å². The first-order valence-electron chi connectivity index (χ1n) is 5.68. The van der Waals surface area contributed by atoms with Gasteiger partial charge in [0.15, 0.2) is 5.78 Å². The van der Waals surface area contributed by atoms with Gasteiger partial charge in [0.05, 0.1) is 0 Å². The van der Waals surface area contributed by atoms with Gasteiger partial charge < -0.3 is 0 Å². The van der Waals surface area contributed by atoms with E-state index < -0.39 is 5.54 Å². The zero-order valence-electron chi connectivity index (χ0n) is 9.97. The number of ketones is 1. The molecular weight excluding hydrogens is 218 g/mol. The van der Waals surface area contributed by atoms with E-state index in [1.165, 1.54) is 0 Å². The summed E-state index contributed by atoms with van der Waals surface area (Å²) in [5.41, 5.74) is 0.709. The third-order valence-electron chi connectivity index (χ3n) is 3.36. The van der Waals surface area contributed by atoms with Crippen molar-refractivity contribution in [3.05, 3.63) is 45.5 Å². The average molecular weight is 233 g/mol. The van der Waals surface area contributed by atoms with E-state index in [4.69, 9.17) is 0 Å². The van der Waals surface area contributed by atoms with Gasteiger partial charge in [0.2, 0.25) is 5.54 Å². The van der Waals surface area contributed by atoms with E-state index in [0.717, 1.165) is 11.1 Å². The van der Waals surface area contributed by atoms with Gasteiger partial charge >= 0.3 is 0 Å². The van der Waals surface area contributed by atoms with Crippen LogP contribution in [0.25, 0.3) is 0 Å². The number of benzene rings is 1. The summed E-state index contributed by atoms with van der Waals surface area (Å²) in [5.74, 6) is -0.191. The maximum atomic E-state index is 12.1. The predicted molar refractivity (Wildman–Crippen MR) is 63.7 cm³/mol. The van der Waals surface area contributed by atoms with E-state index in [0.29, 0.717) is 12.8 Å². The highest BCUT2D eigenvalue weighted by atomic mass is 16.6. The summed E-state index contributed by atoms with van der Waals surface area (Å²) in [4.78, 5) is 22.7. The molecule has 1 aromatic rings. The van der Waals surface area contributed by atoms with E-state index >= 15 is 0 Å². The fourth-order valence-electron chi connectivity index (χ4n) is 2.36. The predicted octanol–water partition coefficient (Wildman–Crippen LogP) is 2.49. The average Bonchev–Trinajstić information content (AvgIpc) is 2.56. The van der Waals surface area contributed by atoms with E-state index in [2.05, 4.69) is 0 Å². The Balaban J connectivity index is 2.19. The maximum absolute atomic E-state index is 12.1. The molecule has 1 aliphatic rings. The quantitative estimate of drug-likeness (QED) is 0.595. The summed E-state index contributed by atoms with van der Waals surface area (Å²) in [6.07, 6.45) is 0.930. The highest BCUT2D eigenvalue weighted by Crippen LogP contribution is 2.32. The minimum atomic E-state index is -1.04. The molecule has 1 aliphatic carbocycles. The van der Waals surface area contributed by atoms with Gasteiger partial charge in [-0.2, -0.15) is 0 Å². The molecule has 0 aromatic heterocycles. The lowest BCUT2D eigenvalue weighted by Crippen LogP contribution is -2.34. The molecule has 17 heavy (non-hydrogen) atoms. The Bertz CT molecular complexity index is 479. The molecule has 1 unspecified atom stereocenters. The van der Waals surface area contributed by atoms with Crippen molar-refractivity contribution in [2.24, 2.45) is 5.92 Å². The Kier molecular flexibility index (Phi) is 2.73. The maximum Gasteiger partial charge on any atom is 0.217 e. The number of nitro groups is 1. The van der Waals surface area contributed by atoms with Crippen LogP contribution in [0.4, 0.5) is 0 Å².